The monoisotopic (exact) mass is 364 g/mol. The van der Waals surface area contributed by atoms with E-state index >= 15 is 0 Å². The zero-order valence-corrected chi connectivity index (χ0v) is 16.6. The number of nitrogens with one attached hydrogen (secondary N) is 2. The maximum atomic E-state index is 13.0. The minimum atomic E-state index is -0.966. The molecule has 0 bridgehead atoms. The molecule has 0 unspecified atom stereocenters. The van der Waals surface area contributed by atoms with Crippen molar-refractivity contribution in [3.05, 3.63) is 59.7 Å². The first-order chi connectivity index (χ1) is 12.8. The fourth-order valence-corrected chi connectivity index (χ4v) is 3.36. The molecular formula is C23H28N2O2. The van der Waals surface area contributed by atoms with Crippen LogP contribution in [0.15, 0.2) is 48.5 Å². The number of benzene rings is 2. The van der Waals surface area contributed by atoms with Crippen LogP contribution in [0.2, 0.25) is 0 Å². The van der Waals surface area contributed by atoms with Gasteiger partial charge in [0, 0.05) is 11.4 Å². The maximum absolute atomic E-state index is 13.0. The van der Waals surface area contributed by atoms with Gasteiger partial charge in [0.25, 0.3) is 0 Å². The molecule has 2 aromatic rings. The fourth-order valence-electron chi connectivity index (χ4n) is 3.36. The van der Waals surface area contributed by atoms with Crippen LogP contribution in [0.1, 0.15) is 51.7 Å². The summed E-state index contributed by atoms with van der Waals surface area (Å²) in [6.45, 7) is 8.38. The Bertz CT molecular complexity index is 861. The van der Waals surface area contributed by atoms with Crippen LogP contribution in [0.25, 0.3) is 0 Å². The third-order valence-electron chi connectivity index (χ3n) is 5.25. The lowest BCUT2D eigenvalue weighted by Gasteiger charge is -2.24. The van der Waals surface area contributed by atoms with Gasteiger partial charge in [-0.25, -0.2) is 0 Å². The molecular weight excluding hydrogens is 336 g/mol. The summed E-state index contributed by atoms with van der Waals surface area (Å²) < 4.78 is 0. The summed E-state index contributed by atoms with van der Waals surface area (Å²) in [5, 5.41) is 5.99. The largest absolute Gasteiger partial charge is 0.325 e. The van der Waals surface area contributed by atoms with E-state index in [4.69, 9.17) is 0 Å². The normalized spacial score (nSPS) is 15.1. The Balaban J connectivity index is 1.78. The van der Waals surface area contributed by atoms with Crippen LogP contribution < -0.4 is 10.6 Å². The summed E-state index contributed by atoms with van der Waals surface area (Å²) in [6, 6.07) is 15.5. The lowest BCUT2D eigenvalue weighted by Crippen LogP contribution is -2.36. The highest BCUT2D eigenvalue weighted by Gasteiger charge is 2.56. The Kier molecular flexibility index (Phi) is 5.09. The van der Waals surface area contributed by atoms with E-state index in [0.29, 0.717) is 12.8 Å². The van der Waals surface area contributed by atoms with Crippen molar-refractivity contribution in [2.45, 2.75) is 52.4 Å². The number of para-hydroxylation sites is 2. The van der Waals surface area contributed by atoms with Gasteiger partial charge in [0.1, 0.15) is 5.41 Å². The Hall–Kier alpha value is -2.62. The van der Waals surface area contributed by atoms with Crippen molar-refractivity contribution < 1.29 is 9.59 Å². The minimum Gasteiger partial charge on any atom is -0.325 e. The van der Waals surface area contributed by atoms with Crippen LogP contribution in [0.3, 0.4) is 0 Å². The van der Waals surface area contributed by atoms with Gasteiger partial charge >= 0.3 is 0 Å². The smallest absolute Gasteiger partial charge is 0.240 e. The molecule has 1 saturated carbocycles. The Morgan fingerprint density at radius 1 is 0.889 bits per heavy atom. The molecule has 1 aliphatic rings. The molecule has 0 aromatic heterocycles. The average Bonchev–Trinajstić information content (AvgIpc) is 3.44. The molecule has 2 amide bonds. The number of anilines is 2. The summed E-state index contributed by atoms with van der Waals surface area (Å²) in [5.74, 6) is -0.431. The van der Waals surface area contributed by atoms with Crippen molar-refractivity contribution in [2.75, 3.05) is 10.6 Å². The van der Waals surface area contributed by atoms with Gasteiger partial charge in [0.2, 0.25) is 11.8 Å². The van der Waals surface area contributed by atoms with Crippen molar-refractivity contribution >= 4 is 23.2 Å². The van der Waals surface area contributed by atoms with E-state index < -0.39 is 5.41 Å². The third-order valence-corrected chi connectivity index (χ3v) is 5.25. The Morgan fingerprint density at radius 3 is 1.96 bits per heavy atom. The SMILES string of the molecule is CCc1ccccc1NC(=O)C1(C(=O)Nc2ccccc2C(C)(C)C)CC1. The van der Waals surface area contributed by atoms with Crippen LogP contribution in [-0.4, -0.2) is 11.8 Å². The highest BCUT2D eigenvalue weighted by Crippen LogP contribution is 2.48. The molecule has 0 aliphatic heterocycles. The number of hydrogen-bond acceptors (Lipinski definition) is 2. The summed E-state index contributed by atoms with van der Waals surface area (Å²) in [5.41, 5.74) is 2.64. The quantitative estimate of drug-likeness (QED) is 0.741. The van der Waals surface area contributed by atoms with E-state index in [-0.39, 0.29) is 17.2 Å². The second-order valence-corrected chi connectivity index (χ2v) is 8.30. The summed E-state index contributed by atoms with van der Waals surface area (Å²) in [7, 11) is 0. The van der Waals surface area contributed by atoms with E-state index in [1.165, 1.54) is 0 Å². The molecule has 4 nitrogen and oxygen atoms in total. The second-order valence-electron chi connectivity index (χ2n) is 8.30. The zero-order valence-electron chi connectivity index (χ0n) is 16.6. The zero-order chi connectivity index (χ0) is 19.7. The topological polar surface area (TPSA) is 58.2 Å². The predicted octanol–water partition coefficient (Wildman–Crippen LogP) is 4.90. The van der Waals surface area contributed by atoms with Gasteiger partial charge in [0.15, 0.2) is 0 Å². The number of rotatable bonds is 5. The van der Waals surface area contributed by atoms with E-state index in [1.807, 2.05) is 55.5 Å². The van der Waals surface area contributed by atoms with Gasteiger partial charge in [-0.3, -0.25) is 9.59 Å². The molecule has 3 rings (SSSR count). The van der Waals surface area contributed by atoms with E-state index in [9.17, 15) is 9.59 Å². The van der Waals surface area contributed by atoms with Crippen molar-refractivity contribution in [1.29, 1.82) is 0 Å². The second kappa shape index (κ2) is 7.18. The standard InChI is InChI=1S/C23H28N2O2/c1-5-16-10-6-8-12-18(16)24-20(26)23(14-15-23)21(27)25-19-13-9-7-11-17(19)22(2,3)4/h6-13H,5,14-15H2,1-4H3,(H,24,26)(H,25,27). The number of aryl methyl sites for hydroxylation is 1. The number of carbonyl (C=O) groups excluding carboxylic acids is 2. The van der Waals surface area contributed by atoms with Gasteiger partial charge in [-0.05, 0) is 47.9 Å². The van der Waals surface area contributed by atoms with Gasteiger partial charge < -0.3 is 10.6 Å². The Morgan fingerprint density at radius 2 is 1.41 bits per heavy atom. The van der Waals surface area contributed by atoms with Crippen molar-refractivity contribution in [3.63, 3.8) is 0 Å². The lowest BCUT2D eigenvalue weighted by molar-refractivity contribution is -0.131. The Labute approximate surface area is 161 Å². The summed E-state index contributed by atoms with van der Waals surface area (Å²) in [6.07, 6.45) is 1.99. The third kappa shape index (κ3) is 3.90. The molecule has 0 spiro atoms. The average molecular weight is 364 g/mol. The van der Waals surface area contributed by atoms with Gasteiger partial charge in [-0.2, -0.15) is 0 Å². The summed E-state index contributed by atoms with van der Waals surface area (Å²) in [4.78, 5) is 25.9. The molecule has 2 N–H and O–H groups in total. The predicted molar refractivity (Wildman–Crippen MR) is 110 cm³/mol. The van der Waals surface area contributed by atoms with Gasteiger partial charge in [-0.15, -0.1) is 0 Å². The molecule has 0 atom stereocenters. The van der Waals surface area contributed by atoms with Crippen molar-refractivity contribution in [2.24, 2.45) is 5.41 Å². The highest BCUT2D eigenvalue weighted by molar-refractivity contribution is 6.17. The molecule has 0 heterocycles. The van der Waals surface area contributed by atoms with Crippen molar-refractivity contribution in [1.82, 2.24) is 0 Å². The molecule has 2 aromatic carbocycles. The molecule has 27 heavy (non-hydrogen) atoms. The van der Waals surface area contributed by atoms with Crippen LogP contribution in [0.5, 0.6) is 0 Å². The maximum Gasteiger partial charge on any atom is 0.240 e. The number of hydrogen-bond donors (Lipinski definition) is 2. The number of carbonyl (C=O) groups is 2. The molecule has 1 aliphatic carbocycles. The van der Waals surface area contributed by atoms with E-state index in [0.717, 1.165) is 28.9 Å². The van der Waals surface area contributed by atoms with Crippen LogP contribution in [0.4, 0.5) is 11.4 Å². The lowest BCUT2D eigenvalue weighted by atomic mass is 9.85. The molecule has 0 radical (unpaired) electrons. The van der Waals surface area contributed by atoms with Crippen molar-refractivity contribution in [3.8, 4) is 0 Å². The van der Waals surface area contributed by atoms with E-state index in [2.05, 4.69) is 31.4 Å². The van der Waals surface area contributed by atoms with Crippen LogP contribution in [0, 0.1) is 5.41 Å². The van der Waals surface area contributed by atoms with Crippen LogP contribution in [-0.2, 0) is 21.4 Å². The minimum absolute atomic E-state index is 0.0943. The molecule has 4 heteroatoms. The first kappa shape index (κ1) is 19.2. The first-order valence-corrected chi connectivity index (χ1v) is 9.58. The van der Waals surface area contributed by atoms with Crippen LogP contribution >= 0.6 is 0 Å². The molecule has 142 valence electrons. The van der Waals surface area contributed by atoms with Gasteiger partial charge in [0.05, 0.1) is 0 Å². The fraction of sp³-hybridized carbons (Fsp3) is 0.391. The van der Waals surface area contributed by atoms with E-state index in [1.54, 1.807) is 0 Å². The number of amides is 2. The summed E-state index contributed by atoms with van der Waals surface area (Å²) >= 11 is 0. The molecule has 0 saturated heterocycles. The van der Waals surface area contributed by atoms with Gasteiger partial charge in [-0.1, -0.05) is 64.1 Å². The first-order valence-electron chi connectivity index (χ1n) is 9.58. The molecule has 1 fully saturated rings. The highest BCUT2D eigenvalue weighted by atomic mass is 16.2.